The summed E-state index contributed by atoms with van der Waals surface area (Å²) >= 11 is 7.47. The molecule has 1 rings (SSSR count). The van der Waals surface area contributed by atoms with E-state index in [-0.39, 0.29) is 5.54 Å². The van der Waals surface area contributed by atoms with Crippen LogP contribution in [0.5, 0.6) is 0 Å². The lowest BCUT2D eigenvalue weighted by Gasteiger charge is -2.22. The van der Waals surface area contributed by atoms with Gasteiger partial charge in [-0.2, -0.15) is 0 Å². The minimum absolute atomic E-state index is 0.0804. The lowest BCUT2D eigenvalue weighted by molar-refractivity contribution is 0.427. The molecule has 13 heavy (non-hydrogen) atoms. The van der Waals surface area contributed by atoms with Crippen molar-refractivity contribution in [3.05, 3.63) is 21.3 Å². The first-order chi connectivity index (χ1) is 6.03. The highest BCUT2D eigenvalue weighted by Gasteiger charge is 2.18. The zero-order chi connectivity index (χ0) is 9.90. The molecule has 1 unspecified atom stereocenters. The molecule has 0 aliphatic rings. The van der Waals surface area contributed by atoms with E-state index in [9.17, 15) is 0 Å². The van der Waals surface area contributed by atoms with Gasteiger partial charge in [0.1, 0.15) is 0 Å². The van der Waals surface area contributed by atoms with Crippen LogP contribution in [0.2, 0.25) is 4.34 Å². The number of hydrogen-bond acceptors (Lipinski definition) is 2. The predicted molar refractivity (Wildman–Crippen MR) is 60.5 cm³/mol. The summed E-state index contributed by atoms with van der Waals surface area (Å²) in [6, 6.07) is 4.00. The Morgan fingerprint density at radius 3 is 2.69 bits per heavy atom. The summed E-state index contributed by atoms with van der Waals surface area (Å²) in [6.45, 7) is 4.26. The van der Waals surface area contributed by atoms with Gasteiger partial charge in [-0.3, -0.25) is 0 Å². The van der Waals surface area contributed by atoms with Gasteiger partial charge in [0.2, 0.25) is 0 Å². The Kier molecular flexibility index (Phi) is 3.77. The van der Waals surface area contributed by atoms with Gasteiger partial charge < -0.3 is 5.73 Å². The van der Waals surface area contributed by atoms with E-state index < -0.39 is 0 Å². The van der Waals surface area contributed by atoms with Crippen molar-refractivity contribution in [2.75, 3.05) is 0 Å². The maximum absolute atomic E-state index is 6.13. The first kappa shape index (κ1) is 11.0. The Hall–Kier alpha value is -0.0500. The third-order valence-electron chi connectivity index (χ3n) is 2.03. The lowest BCUT2D eigenvalue weighted by atomic mass is 9.93. The third-order valence-corrected chi connectivity index (χ3v) is 3.26. The summed E-state index contributed by atoms with van der Waals surface area (Å²) in [7, 11) is 0. The molecular weight excluding hydrogens is 202 g/mol. The van der Waals surface area contributed by atoms with E-state index in [0.717, 1.165) is 23.6 Å². The average Bonchev–Trinajstić information content (AvgIpc) is 2.34. The Morgan fingerprint density at radius 1 is 1.54 bits per heavy atom. The second-order valence-electron chi connectivity index (χ2n) is 3.79. The number of hydrogen-bond donors (Lipinski definition) is 1. The minimum atomic E-state index is -0.0804. The van der Waals surface area contributed by atoms with Crippen LogP contribution in [0, 0.1) is 0 Å². The summed E-state index contributed by atoms with van der Waals surface area (Å²) in [5.74, 6) is 0. The van der Waals surface area contributed by atoms with E-state index in [0.29, 0.717) is 0 Å². The highest BCUT2D eigenvalue weighted by molar-refractivity contribution is 7.16. The topological polar surface area (TPSA) is 26.0 Å². The zero-order valence-corrected chi connectivity index (χ0v) is 9.71. The fourth-order valence-electron chi connectivity index (χ4n) is 1.50. The second-order valence-corrected chi connectivity index (χ2v) is 5.59. The van der Waals surface area contributed by atoms with Crippen molar-refractivity contribution in [2.45, 2.75) is 38.6 Å². The van der Waals surface area contributed by atoms with Crippen LogP contribution in [0.1, 0.15) is 31.6 Å². The molecule has 0 amide bonds. The van der Waals surface area contributed by atoms with Gasteiger partial charge in [0.15, 0.2) is 0 Å². The summed E-state index contributed by atoms with van der Waals surface area (Å²) in [6.07, 6.45) is 3.12. The summed E-state index contributed by atoms with van der Waals surface area (Å²) in [5.41, 5.74) is 6.05. The van der Waals surface area contributed by atoms with Crippen molar-refractivity contribution < 1.29 is 0 Å². The molecule has 1 atom stereocenters. The van der Waals surface area contributed by atoms with Crippen LogP contribution in [0.15, 0.2) is 12.1 Å². The molecular formula is C10H16ClNS. The molecule has 1 aromatic heterocycles. The smallest absolute Gasteiger partial charge is 0.0931 e. The molecule has 0 aliphatic heterocycles. The van der Waals surface area contributed by atoms with Crippen LogP contribution in [-0.4, -0.2) is 5.54 Å². The molecule has 74 valence electrons. The third kappa shape index (κ3) is 3.67. The quantitative estimate of drug-likeness (QED) is 0.822. The molecule has 0 aromatic carbocycles. The minimum Gasteiger partial charge on any atom is -0.325 e. The lowest BCUT2D eigenvalue weighted by Crippen LogP contribution is -2.37. The van der Waals surface area contributed by atoms with E-state index >= 15 is 0 Å². The van der Waals surface area contributed by atoms with Crippen molar-refractivity contribution in [1.82, 2.24) is 0 Å². The number of thiophene rings is 1. The van der Waals surface area contributed by atoms with Crippen LogP contribution in [0.25, 0.3) is 0 Å². The van der Waals surface area contributed by atoms with Crippen molar-refractivity contribution >= 4 is 22.9 Å². The number of halogens is 1. The molecule has 0 radical (unpaired) electrons. The molecule has 0 spiro atoms. The molecule has 0 bridgehead atoms. The maximum Gasteiger partial charge on any atom is 0.0931 e. The normalized spacial score (nSPS) is 15.7. The molecule has 0 saturated carbocycles. The van der Waals surface area contributed by atoms with Gasteiger partial charge in [0.05, 0.1) is 4.34 Å². The van der Waals surface area contributed by atoms with Gasteiger partial charge in [-0.25, -0.2) is 0 Å². The van der Waals surface area contributed by atoms with Crippen LogP contribution in [0.3, 0.4) is 0 Å². The number of rotatable bonds is 4. The van der Waals surface area contributed by atoms with Gasteiger partial charge in [-0.1, -0.05) is 24.9 Å². The highest BCUT2D eigenvalue weighted by atomic mass is 35.5. The molecule has 2 N–H and O–H groups in total. The van der Waals surface area contributed by atoms with E-state index in [1.54, 1.807) is 11.3 Å². The van der Waals surface area contributed by atoms with Crippen molar-refractivity contribution in [1.29, 1.82) is 0 Å². The predicted octanol–water partition coefficient (Wildman–Crippen LogP) is 3.46. The second kappa shape index (κ2) is 4.45. The fourth-order valence-corrected chi connectivity index (χ4v) is 2.79. The van der Waals surface area contributed by atoms with Gasteiger partial charge in [-0.05, 0) is 31.9 Å². The van der Waals surface area contributed by atoms with Crippen LogP contribution >= 0.6 is 22.9 Å². The molecule has 1 heterocycles. The largest absolute Gasteiger partial charge is 0.325 e. The SMILES string of the molecule is CCCC(C)(N)Cc1ccc(Cl)s1. The molecule has 3 heteroatoms. The Balaban J connectivity index is 2.57. The summed E-state index contributed by atoms with van der Waals surface area (Å²) in [4.78, 5) is 1.28. The van der Waals surface area contributed by atoms with E-state index in [1.807, 2.05) is 6.07 Å². The van der Waals surface area contributed by atoms with Crippen molar-refractivity contribution in [2.24, 2.45) is 5.73 Å². The van der Waals surface area contributed by atoms with E-state index in [2.05, 4.69) is 19.9 Å². The highest BCUT2D eigenvalue weighted by Crippen LogP contribution is 2.25. The van der Waals surface area contributed by atoms with Crippen molar-refractivity contribution in [3.8, 4) is 0 Å². The Bertz CT molecular complexity index is 268. The average molecular weight is 218 g/mol. The summed E-state index contributed by atoms with van der Waals surface area (Å²) < 4.78 is 0.849. The van der Waals surface area contributed by atoms with Crippen LogP contribution < -0.4 is 5.73 Å². The monoisotopic (exact) mass is 217 g/mol. The molecule has 0 aliphatic carbocycles. The molecule has 0 saturated heterocycles. The van der Waals surface area contributed by atoms with Gasteiger partial charge in [0.25, 0.3) is 0 Å². The first-order valence-electron chi connectivity index (χ1n) is 4.56. The molecule has 1 nitrogen and oxygen atoms in total. The standard InChI is InChI=1S/C10H16ClNS/c1-3-6-10(2,12)7-8-4-5-9(11)13-8/h4-5H,3,6-7,12H2,1-2H3. The van der Waals surface area contributed by atoms with Crippen molar-refractivity contribution in [3.63, 3.8) is 0 Å². The summed E-state index contributed by atoms with van der Waals surface area (Å²) in [5, 5.41) is 0. The van der Waals surface area contributed by atoms with Crippen LogP contribution in [0.4, 0.5) is 0 Å². The van der Waals surface area contributed by atoms with Gasteiger partial charge in [-0.15, -0.1) is 11.3 Å². The van der Waals surface area contributed by atoms with E-state index in [1.165, 1.54) is 4.88 Å². The Morgan fingerprint density at radius 2 is 2.23 bits per heavy atom. The Labute approximate surface area is 88.9 Å². The van der Waals surface area contributed by atoms with Gasteiger partial charge >= 0.3 is 0 Å². The number of nitrogens with two attached hydrogens (primary N) is 1. The maximum atomic E-state index is 6.13. The molecule has 0 fully saturated rings. The van der Waals surface area contributed by atoms with Gasteiger partial charge in [0, 0.05) is 10.4 Å². The first-order valence-corrected chi connectivity index (χ1v) is 5.76. The molecule has 1 aromatic rings. The zero-order valence-electron chi connectivity index (χ0n) is 8.14. The van der Waals surface area contributed by atoms with E-state index in [4.69, 9.17) is 17.3 Å². The van der Waals surface area contributed by atoms with Crippen LogP contribution in [-0.2, 0) is 6.42 Å². The fraction of sp³-hybridized carbons (Fsp3) is 0.600.